The number of hydrogen-bond donors (Lipinski definition) is 1. The molecule has 37 heavy (non-hydrogen) atoms. The summed E-state index contributed by atoms with van der Waals surface area (Å²) in [6, 6.07) is 21.2. The zero-order valence-corrected chi connectivity index (χ0v) is 22.0. The summed E-state index contributed by atoms with van der Waals surface area (Å²) in [6.07, 6.45) is 0.106. The van der Waals surface area contributed by atoms with Crippen molar-refractivity contribution in [1.82, 2.24) is 4.98 Å². The molecule has 0 saturated carbocycles. The third kappa shape index (κ3) is 6.80. The van der Waals surface area contributed by atoms with E-state index in [4.69, 9.17) is 29.0 Å². The van der Waals surface area contributed by atoms with Gasteiger partial charge in [-0.2, -0.15) is 0 Å². The smallest absolute Gasteiger partial charge is 0.341 e. The Labute approximate surface area is 220 Å². The second-order valence-corrected chi connectivity index (χ2v) is 9.69. The maximum absolute atomic E-state index is 10.8. The molecule has 1 N–H and O–H groups in total. The lowest BCUT2D eigenvalue weighted by atomic mass is 10.1. The molecule has 1 aromatic heterocycles. The summed E-state index contributed by atoms with van der Waals surface area (Å²) in [5.41, 5.74) is 3.69. The molecule has 7 nitrogen and oxygen atoms in total. The van der Waals surface area contributed by atoms with Crippen molar-refractivity contribution in [2.24, 2.45) is 0 Å². The first kappa shape index (κ1) is 26.0. The molecule has 4 aromatic rings. The van der Waals surface area contributed by atoms with E-state index >= 15 is 0 Å². The van der Waals surface area contributed by atoms with E-state index in [1.165, 1.54) is 0 Å². The number of aliphatic carboxylic acids is 1. The lowest BCUT2D eigenvalue weighted by Gasteiger charge is -2.10. The molecule has 0 atom stereocenters. The molecule has 3 aromatic carbocycles. The molecule has 8 heteroatoms. The number of carboxylic acids is 1. The molecule has 0 spiro atoms. The fourth-order valence-corrected chi connectivity index (χ4v) is 4.69. The number of thiazole rings is 1. The summed E-state index contributed by atoms with van der Waals surface area (Å²) >= 11 is 1.58. The highest BCUT2D eigenvalue weighted by atomic mass is 32.1. The van der Waals surface area contributed by atoms with E-state index in [1.807, 2.05) is 75.4 Å². The molecule has 0 radical (unpaired) electrons. The summed E-state index contributed by atoms with van der Waals surface area (Å²) < 4.78 is 22.4. The molecular formula is C29H29NO6S. The number of hydrogen-bond acceptors (Lipinski definition) is 7. The summed E-state index contributed by atoms with van der Waals surface area (Å²) in [7, 11) is 1.64. The van der Waals surface area contributed by atoms with Crippen molar-refractivity contribution < 1.29 is 28.8 Å². The predicted molar refractivity (Wildman–Crippen MR) is 144 cm³/mol. The third-order valence-corrected chi connectivity index (χ3v) is 6.46. The molecule has 0 unspecified atom stereocenters. The van der Waals surface area contributed by atoms with E-state index in [1.54, 1.807) is 30.6 Å². The molecule has 0 saturated heterocycles. The minimum absolute atomic E-state index is 0.106. The van der Waals surface area contributed by atoms with Gasteiger partial charge in [-0.05, 0) is 98.6 Å². The SMILES string of the molecule is COc1ccc(-c2nc(COc3ccc(OCC(=O)O)c(C)c3)sc2-c2ccc(OC(C)C)cc2)cc1. The van der Waals surface area contributed by atoms with Crippen LogP contribution in [0.5, 0.6) is 23.0 Å². The van der Waals surface area contributed by atoms with E-state index in [0.717, 1.165) is 43.8 Å². The number of benzene rings is 3. The van der Waals surface area contributed by atoms with Crippen LogP contribution in [0, 0.1) is 6.92 Å². The maximum atomic E-state index is 10.8. The van der Waals surface area contributed by atoms with Crippen LogP contribution < -0.4 is 18.9 Å². The van der Waals surface area contributed by atoms with Crippen LogP contribution in [0.4, 0.5) is 0 Å². The molecule has 192 valence electrons. The van der Waals surface area contributed by atoms with E-state index in [0.29, 0.717) is 11.5 Å². The van der Waals surface area contributed by atoms with Crippen molar-refractivity contribution in [3.05, 3.63) is 77.3 Å². The van der Waals surface area contributed by atoms with Gasteiger partial charge in [-0.25, -0.2) is 9.78 Å². The average molecular weight is 520 g/mol. The Morgan fingerprint density at radius 2 is 1.57 bits per heavy atom. The Morgan fingerprint density at radius 3 is 2.19 bits per heavy atom. The Hall–Kier alpha value is -4.04. The largest absolute Gasteiger partial charge is 0.497 e. The summed E-state index contributed by atoms with van der Waals surface area (Å²) in [4.78, 5) is 16.7. The standard InChI is InChI=1S/C29H29NO6S/c1-18(2)36-23-11-7-21(8-12-23)29-28(20-5-9-22(33-4)10-6-20)30-26(37-29)16-34-24-13-14-25(19(3)15-24)35-17-27(31)32/h5-15,18H,16-17H2,1-4H3,(H,31,32). The van der Waals surface area contributed by atoms with Gasteiger partial charge in [0.25, 0.3) is 0 Å². The van der Waals surface area contributed by atoms with Gasteiger partial charge in [-0.3, -0.25) is 0 Å². The van der Waals surface area contributed by atoms with Crippen LogP contribution in [0.3, 0.4) is 0 Å². The van der Waals surface area contributed by atoms with Crippen LogP contribution in [-0.2, 0) is 11.4 Å². The van der Waals surface area contributed by atoms with Crippen LogP contribution in [0.1, 0.15) is 24.4 Å². The van der Waals surface area contributed by atoms with Crippen molar-refractivity contribution in [3.63, 3.8) is 0 Å². The van der Waals surface area contributed by atoms with Crippen molar-refractivity contribution >= 4 is 17.3 Å². The molecule has 0 amide bonds. The van der Waals surface area contributed by atoms with E-state index in [-0.39, 0.29) is 19.3 Å². The molecule has 0 aliphatic carbocycles. The molecular weight excluding hydrogens is 490 g/mol. The van der Waals surface area contributed by atoms with Gasteiger partial charge in [0.2, 0.25) is 0 Å². The van der Waals surface area contributed by atoms with Crippen LogP contribution in [-0.4, -0.2) is 35.9 Å². The van der Waals surface area contributed by atoms with Gasteiger partial charge in [0.05, 0.1) is 23.8 Å². The highest BCUT2D eigenvalue weighted by Gasteiger charge is 2.16. The van der Waals surface area contributed by atoms with Crippen LogP contribution in [0.15, 0.2) is 66.7 Å². The minimum Gasteiger partial charge on any atom is -0.497 e. The average Bonchev–Trinajstić information content (AvgIpc) is 3.31. The van der Waals surface area contributed by atoms with E-state index in [9.17, 15) is 4.79 Å². The monoisotopic (exact) mass is 519 g/mol. The van der Waals surface area contributed by atoms with Crippen molar-refractivity contribution in [3.8, 4) is 44.7 Å². The molecule has 0 bridgehead atoms. The number of carbonyl (C=O) groups is 1. The Morgan fingerprint density at radius 1 is 0.919 bits per heavy atom. The third-order valence-electron chi connectivity index (χ3n) is 5.38. The first-order valence-electron chi connectivity index (χ1n) is 11.8. The molecule has 4 rings (SSSR count). The Kier molecular flexibility index (Phi) is 8.30. The van der Waals surface area contributed by atoms with Crippen molar-refractivity contribution in [1.29, 1.82) is 0 Å². The molecule has 0 aliphatic rings. The number of aromatic nitrogens is 1. The van der Waals surface area contributed by atoms with E-state index in [2.05, 4.69) is 0 Å². The van der Waals surface area contributed by atoms with E-state index < -0.39 is 5.97 Å². The normalized spacial score (nSPS) is 10.8. The van der Waals surface area contributed by atoms with Crippen molar-refractivity contribution in [2.45, 2.75) is 33.5 Å². The van der Waals surface area contributed by atoms with Gasteiger partial charge >= 0.3 is 5.97 Å². The summed E-state index contributed by atoms with van der Waals surface area (Å²) in [6.45, 7) is 5.76. The Bertz CT molecular complexity index is 1350. The number of ether oxygens (including phenoxy) is 4. The maximum Gasteiger partial charge on any atom is 0.341 e. The van der Waals surface area contributed by atoms with Gasteiger partial charge < -0.3 is 24.1 Å². The molecule has 1 heterocycles. The zero-order chi connectivity index (χ0) is 26.4. The van der Waals surface area contributed by atoms with Gasteiger partial charge in [-0.1, -0.05) is 0 Å². The van der Waals surface area contributed by atoms with Gasteiger partial charge in [0.1, 0.15) is 34.6 Å². The summed E-state index contributed by atoms with van der Waals surface area (Å²) in [5, 5.41) is 9.65. The van der Waals surface area contributed by atoms with Crippen molar-refractivity contribution in [2.75, 3.05) is 13.7 Å². The highest BCUT2D eigenvalue weighted by molar-refractivity contribution is 7.15. The zero-order valence-electron chi connectivity index (χ0n) is 21.2. The number of carboxylic acid groups (broad SMARTS) is 1. The fourth-order valence-electron chi connectivity index (χ4n) is 3.68. The topological polar surface area (TPSA) is 87.1 Å². The second-order valence-electron chi connectivity index (χ2n) is 8.60. The number of aryl methyl sites for hydroxylation is 1. The highest BCUT2D eigenvalue weighted by Crippen LogP contribution is 2.38. The van der Waals surface area contributed by atoms with Gasteiger partial charge in [0.15, 0.2) is 6.61 Å². The first-order valence-corrected chi connectivity index (χ1v) is 12.6. The van der Waals surface area contributed by atoms with Crippen LogP contribution in [0.2, 0.25) is 0 Å². The Balaban J connectivity index is 1.58. The summed E-state index contributed by atoms with van der Waals surface area (Å²) in [5.74, 6) is 1.75. The second kappa shape index (κ2) is 11.8. The fraction of sp³-hybridized carbons (Fsp3) is 0.241. The van der Waals surface area contributed by atoms with Crippen LogP contribution >= 0.6 is 11.3 Å². The van der Waals surface area contributed by atoms with Gasteiger partial charge in [0, 0.05) is 5.56 Å². The van der Waals surface area contributed by atoms with Crippen LogP contribution in [0.25, 0.3) is 21.7 Å². The lowest BCUT2D eigenvalue weighted by Crippen LogP contribution is -2.10. The number of rotatable bonds is 11. The predicted octanol–water partition coefficient (Wildman–Crippen LogP) is 6.62. The quantitative estimate of drug-likeness (QED) is 0.238. The lowest BCUT2D eigenvalue weighted by molar-refractivity contribution is -0.139. The molecule has 0 fully saturated rings. The first-order chi connectivity index (χ1) is 17.8. The molecule has 0 aliphatic heterocycles. The number of methoxy groups -OCH3 is 1. The van der Waals surface area contributed by atoms with Gasteiger partial charge in [-0.15, -0.1) is 11.3 Å². The number of nitrogens with zero attached hydrogens (tertiary/aromatic N) is 1. The minimum atomic E-state index is -1.02.